The molecule has 0 aliphatic heterocycles. The van der Waals surface area contributed by atoms with Gasteiger partial charge in [0.05, 0.1) is 12.2 Å². The summed E-state index contributed by atoms with van der Waals surface area (Å²) in [5.74, 6) is 0.430. The van der Waals surface area contributed by atoms with Gasteiger partial charge in [-0.25, -0.2) is 4.98 Å². The maximum absolute atomic E-state index is 9.49. The van der Waals surface area contributed by atoms with Gasteiger partial charge in [0, 0.05) is 16.3 Å². The van der Waals surface area contributed by atoms with Gasteiger partial charge in [-0.15, -0.1) is 11.8 Å². The third kappa shape index (κ3) is 3.15. The van der Waals surface area contributed by atoms with Crippen molar-refractivity contribution in [2.24, 2.45) is 0 Å². The molecule has 1 aromatic heterocycles. The van der Waals surface area contributed by atoms with Crippen LogP contribution in [-0.4, -0.2) is 22.5 Å². The second-order valence-electron chi connectivity index (χ2n) is 4.23. The fourth-order valence-electron chi connectivity index (χ4n) is 1.98. The normalized spacial score (nSPS) is 10.0. The van der Waals surface area contributed by atoms with Crippen molar-refractivity contribution in [2.45, 2.75) is 5.03 Å². The molecule has 0 saturated carbocycles. The smallest absolute Gasteiger partial charge is 0.143 e. The van der Waals surface area contributed by atoms with E-state index in [1.54, 1.807) is 24.3 Å². The number of aliphatic hydroxyl groups is 1. The van der Waals surface area contributed by atoms with E-state index in [-0.39, 0.29) is 23.6 Å². The molecule has 5 nitrogen and oxygen atoms in total. The van der Waals surface area contributed by atoms with Crippen molar-refractivity contribution in [3.8, 4) is 23.3 Å². The van der Waals surface area contributed by atoms with Gasteiger partial charge in [0.1, 0.15) is 28.5 Å². The average Bonchev–Trinajstić information content (AvgIpc) is 2.52. The number of rotatable bonds is 4. The Labute approximate surface area is 137 Å². The fraction of sp³-hybridized carbons (Fsp3) is 0.133. The van der Waals surface area contributed by atoms with E-state index < -0.39 is 0 Å². The Kier molecular flexibility index (Phi) is 5.24. The van der Waals surface area contributed by atoms with E-state index in [1.807, 2.05) is 6.07 Å². The maximum atomic E-state index is 9.49. The number of aromatic nitrogens is 1. The first-order chi connectivity index (χ1) is 10.6. The van der Waals surface area contributed by atoms with Crippen LogP contribution >= 0.6 is 23.4 Å². The van der Waals surface area contributed by atoms with E-state index in [9.17, 15) is 10.5 Å². The first-order valence-electron chi connectivity index (χ1n) is 6.25. The number of benzene rings is 1. The van der Waals surface area contributed by atoms with Crippen LogP contribution < -0.4 is 5.73 Å². The summed E-state index contributed by atoms with van der Waals surface area (Å²) in [5, 5.41) is 28.7. The first kappa shape index (κ1) is 16.1. The van der Waals surface area contributed by atoms with E-state index in [1.165, 1.54) is 11.8 Å². The van der Waals surface area contributed by atoms with Gasteiger partial charge in [0.25, 0.3) is 0 Å². The van der Waals surface area contributed by atoms with E-state index in [2.05, 4.69) is 11.1 Å². The van der Waals surface area contributed by atoms with Crippen LogP contribution in [0.1, 0.15) is 11.1 Å². The predicted octanol–water partition coefficient (Wildman–Crippen LogP) is 2.81. The molecule has 0 bridgehead atoms. The lowest BCUT2D eigenvalue weighted by Gasteiger charge is -2.12. The standard InChI is InChI=1S/C15H11ClN4OS/c16-10-3-1-2-9(6-10)13-11(7-17)14(19)20-15(12(13)8-18)22-5-4-21/h1-3,6,21H,4-5H2,(H2,19,20). The number of aliphatic hydroxyl groups excluding tert-OH is 1. The summed E-state index contributed by atoms with van der Waals surface area (Å²) in [7, 11) is 0. The van der Waals surface area contributed by atoms with Crippen molar-refractivity contribution >= 4 is 29.2 Å². The van der Waals surface area contributed by atoms with E-state index in [4.69, 9.17) is 22.4 Å². The second kappa shape index (κ2) is 7.15. The van der Waals surface area contributed by atoms with Gasteiger partial charge >= 0.3 is 0 Å². The Morgan fingerprint density at radius 3 is 2.59 bits per heavy atom. The summed E-state index contributed by atoms with van der Waals surface area (Å²) in [6.45, 7) is -0.0520. The number of thioether (sulfide) groups is 1. The van der Waals surface area contributed by atoms with Gasteiger partial charge in [-0.05, 0) is 17.7 Å². The Morgan fingerprint density at radius 1 is 1.27 bits per heavy atom. The van der Waals surface area contributed by atoms with Crippen molar-refractivity contribution in [2.75, 3.05) is 18.1 Å². The highest BCUT2D eigenvalue weighted by molar-refractivity contribution is 7.99. The average molecular weight is 331 g/mol. The number of nitriles is 2. The molecule has 0 amide bonds. The summed E-state index contributed by atoms with van der Waals surface area (Å²) in [6.07, 6.45) is 0. The molecule has 7 heteroatoms. The second-order valence-corrected chi connectivity index (χ2v) is 5.75. The van der Waals surface area contributed by atoms with E-state index in [0.29, 0.717) is 26.9 Å². The Morgan fingerprint density at radius 2 is 2.00 bits per heavy atom. The zero-order chi connectivity index (χ0) is 16.1. The van der Waals surface area contributed by atoms with Crippen molar-refractivity contribution in [1.82, 2.24) is 4.98 Å². The van der Waals surface area contributed by atoms with Crippen molar-refractivity contribution in [3.63, 3.8) is 0 Å². The highest BCUT2D eigenvalue weighted by Gasteiger charge is 2.20. The summed E-state index contributed by atoms with van der Waals surface area (Å²) in [5.41, 5.74) is 7.30. The van der Waals surface area contributed by atoms with Gasteiger partial charge in [-0.2, -0.15) is 10.5 Å². The molecule has 0 aliphatic carbocycles. The number of nitrogens with two attached hydrogens (primary N) is 1. The van der Waals surface area contributed by atoms with E-state index >= 15 is 0 Å². The summed E-state index contributed by atoms with van der Waals surface area (Å²) < 4.78 is 0. The Balaban J connectivity index is 2.77. The molecule has 0 fully saturated rings. The topological polar surface area (TPSA) is 107 Å². The maximum Gasteiger partial charge on any atom is 0.143 e. The highest BCUT2D eigenvalue weighted by Crippen LogP contribution is 2.36. The molecular weight excluding hydrogens is 320 g/mol. The molecule has 2 rings (SSSR count). The Hall–Kier alpha value is -2.25. The molecule has 0 saturated heterocycles. The van der Waals surface area contributed by atoms with Crippen LogP contribution in [0.2, 0.25) is 5.02 Å². The molecule has 0 unspecified atom stereocenters. The van der Waals surface area contributed by atoms with Gasteiger partial charge in [0.2, 0.25) is 0 Å². The number of anilines is 1. The highest BCUT2D eigenvalue weighted by atomic mass is 35.5. The molecule has 3 N–H and O–H groups in total. The molecule has 110 valence electrons. The van der Waals surface area contributed by atoms with Crippen molar-refractivity contribution < 1.29 is 5.11 Å². The van der Waals surface area contributed by atoms with Crippen molar-refractivity contribution in [3.05, 3.63) is 40.4 Å². The summed E-state index contributed by atoms with van der Waals surface area (Å²) >= 11 is 7.21. The Bertz CT molecular complexity index is 795. The van der Waals surface area contributed by atoms with Crippen molar-refractivity contribution in [1.29, 1.82) is 10.5 Å². The molecular formula is C15H11ClN4OS. The summed E-state index contributed by atoms with van der Waals surface area (Å²) in [6, 6.07) is 10.9. The quantitative estimate of drug-likeness (QED) is 0.835. The molecule has 0 radical (unpaired) electrons. The number of halogens is 1. The van der Waals surface area contributed by atoms with Crippen LogP contribution in [0.5, 0.6) is 0 Å². The molecule has 1 aromatic carbocycles. The molecule has 1 heterocycles. The van der Waals surface area contributed by atoms with Crippen LogP contribution in [0, 0.1) is 22.7 Å². The molecule has 0 atom stereocenters. The lowest BCUT2D eigenvalue weighted by atomic mass is 9.97. The van der Waals surface area contributed by atoms with Gasteiger partial charge in [-0.3, -0.25) is 0 Å². The number of nitrogens with zero attached hydrogens (tertiary/aromatic N) is 3. The lowest BCUT2D eigenvalue weighted by molar-refractivity contribution is 0.322. The minimum Gasteiger partial charge on any atom is -0.396 e. The minimum absolute atomic E-state index is 0.0520. The number of nitrogen functional groups attached to an aromatic ring is 1. The fourth-order valence-corrected chi connectivity index (χ4v) is 2.91. The number of pyridine rings is 1. The lowest BCUT2D eigenvalue weighted by Crippen LogP contribution is -2.04. The first-order valence-corrected chi connectivity index (χ1v) is 7.62. The minimum atomic E-state index is -0.0520. The zero-order valence-electron chi connectivity index (χ0n) is 11.4. The van der Waals surface area contributed by atoms with Crippen LogP contribution in [0.15, 0.2) is 29.3 Å². The number of hydrogen-bond acceptors (Lipinski definition) is 6. The number of hydrogen-bond donors (Lipinski definition) is 2. The summed E-state index contributed by atoms with van der Waals surface area (Å²) in [4.78, 5) is 4.11. The molecule has 2 aromatic rings. The van der Waals surface area contributed by atoms with Crippen LogP contribution in [0.25, 0.3) is 11.1 Å². The third-order valence-electron chi connectivity index (χ3n) is 2.86. The van der Waals surface area contributed by atoms with Crippen LogP contribution in [0.3, 0.4) is 0 Å². The van der Waals surface area contributed by atoms with Gasteiger partial charge in [0.15, 0.2) is 0 Å². The predicted molar refractivity (Wildman–Crippen MR) is 86.3 cm³/mol. The van der Waals surface area contributed by atoms with E-state index in [0.717, 1.165) is 0 Å². The third-order valence-corrected chi connectivity index (χ3v) is 4.05. The zero-order valence-corrected chi connectivity index (χ0v) is 12.9. The van der Waals surface area contributed by atoms with Gasteiger partial charge < -0.3 is 10.8 Å². The van der Waals surface area contributed by atoms with Crippen LogP contribution in [0.4, 0.5) is 5.82 Å². The molecule has 0 aliphatic rings. The SMILES string of the molecule is N#Cc1c(N)nc(SCCO)c(C#N)c1-c1cccc(Cl)c1. The van der Waals surface area contributed by atoms with Crippen LogP contribution in [-0.2, 0) is 0 Å². The monoisotopic (exact) mass is 330 g/mol. The largest absolute Gasteiger partial charge is 0.396 e. The molecule has 22 heavy (non-hydrogen) atoms. The van der Waals surface area contributed by atoms with Gasteiger partial charge in [-0.1, -0.05) is 23.7 Å². The molecule has 0 spiro atoms.